The fourth-order valence-corrected chi connectivity index (χ4v) is 4.97. The van der Waals surface area contributed by atoms with Crippen LogP contribution in [0.1, 0.15) is 36.2 Å². The first-order valence-corrected chi connectivity index (χ1v) is 9.91. The standard InChI is InChI=1S/C19H24N4O3S/c1-12-5-4-8-22(10-12)16(13-6-7-14(25-2)15(9-13)26-3)17-18(24)23-19(27-17)20-11-21-23/h6-7,9,11-12,16,24H,4-5,8,10H2,1-3H3/t12-,16+/m0/s1. The molecule has 1 N–H and O–H groups in total. The first-order valence-electron chi connectivity index (χ1n) is 9.09. The Morgan fingerprint density at radius 1 is 1.26 bits per heavy atom. The lowest BCUT2D eigenvalue weighted by Crippen LogP contribution is -2.37. The smallest absolute Gasteiger partial charge is 0.230 e. The molecule has 27 heavy (non-hydrogen) atoms. The maximum absolute atomic E-state index is 10.8. The van der Waals surface area contributed by atoms with E-state index in [4.69, 9.17) is 9.47 Å². The van der Waals surface area contributed by atoms with Crippen LogP contribution in [0, 0.1) is 5.92 Å². The van der Waals surface area contributed by atoms with Crippen LogP contribution in [0.25, 0.3) is 4.96 Å². The van der Waals surface area contributed by atoms with Gasteiger partial charge in [0.25, 0.3) is 0 Å². The van der Waals surface area contributed by atoms with E-state index in [-0.39, 0.29) is 11.9 Å². The molecule has 3 heterocycles. The highest BCUT2D eigenvalue weighted by Crippen LogP contribution is 2.43. The number of aromatic nitrogens is 3. The van der Waals surface area contributed by atoms with Gasteiger partial charge in [0.05, 0.1) is 25.1 Å². The third kappa shape index (κ3) is 3.23. The van der Waals surface area contributed by atoms with Gasteiger partial charge in [-0.3, -0.25) is 4.90 Å². The van der Waals surface area contributed by atoms with Crippen molar-refractivity contribution in [2.75, 3.05) is 27.3 Å². The summed E-state index contributed by atoms with van der Waals surface area (Å²) in [5.41, 5.74) is 1.06. The summed E-state index contributed by atoms with van der Waals surface area (Å²) in [6.45, 7) is 4.24. The predicted octanol–water partition coefficient (Wildman–Crippen LogP) is 3.33. The van der Waals surface area contributed by atoms with Gasteiger partial charge in [-0.05, 0) is 43.0 Å². The van der Waals surface area contributed by atoms with Crippen LogP contribution in [0.15, 0.2) is 24.5 Å². The lowest BCUT2D eigenvalue weighted by Gasteiger charge is -2.37. The number of hydrogen-bond donors (Lipinski definition) is 1. The molecule has 0 aliphatic carbocycles. The van der Waals surface area contributed by atoms with Crippen LogP contribution in [0.4, 0.5) is 0 Å². The van der Waals surface area contributed by atoms with E-state index in [1.807, 2.05) is 18.2 Å². The van der Waals surface area contributed by atoms with Gasteiger partial charge < -0.3 is 14.6 Å². The van der Waals surface area contributed by atoms with E-state index in [1.165, 1.54) is 28.6 Å². The van der Waals surface area contributed by atoms with Crippen molar-refractivity contribution in [3.05, 3.63) is 35.0 Å². The summed E-state index contributed by atoms with van der Waals surface area (Å²) in [4.78, 5) is 8.22. The lowest BCUT2D eigenvalue weighted by atomic mass is 9.95. The van der Waals surface area contributed by atoms with Crippen molar-refractivity contribution in [3.8, 4) is 17.4 Å². The van der Waals surface area contributed by atoms with Crippen molar-refractivity contribution < 1.29 is 14.6 Å². The molecule has 0 radical (unpaired) electrons. The Balaban J connectivity index is 1.83. The van der Waals surface area contributed by atoms with E-state index in [1.54, 1.807) is 14.2 Å². The molecule has 144 valence electrons. The molecule has 4 rings (SSSR count). The number of nitrogens with zero attached hydrogens (tertiary/aromatic N) is 4. The summed E-state index contributed by atoms with van der Waals surface area (Å²) in [6, 6.07) is 5.88. The molecule has 2 aromatic heterocycles. The quantitative estimate of drug-likeness (QED) is 0.723. The SMILES string of the molecule is COc1ccc([C@H](c2sc3ncnn3c2O)N2CCC[C@H](C)C2)cc1OC. The van der Waals surface area contributed by atoms with Gasteiger partial charge in [0.2, 0.25) is 10.8 Å². The molecule has 7 nitrogen and oxygen atoms in total. The van der Waals surface area contributed by atoms with Crippen molar-refractivity contribution in [1.82, 2.24) is 19.5 Å². The molecule has 1 aromatic carbocycles. The largest absolute Gasteiger partial charge is 0.493 e. The van der Waals surface area contributed by atoms with Crippen LogP contribution < -0.4 is 9.47 Å². The van der Waals surface area contributed by atoms with Crippen LogP contribution in [0.5, 0.6) is 17.4 Å². The Bertz CT molecular complexity index is 938. The number of ether oxygens (including phenoxy) is 2. The van der Waals surface area contributed by atoms with Crippen molar-refractivity contribution in [1.29, 1.82) is 0 Å². The van der Waals surface area contributed by atoms with E-state index < -0.39 is 0 Å². The Labute approximate surface area is 162 Å². The van der Waals surface area contributed by atoms with Crippen LogP contribution in [-0.4, -0.2) is 51.9 Å². The third-order valence-electron chi connectivity index (χ3n) is 5.16. The molecule has 0 unspecified atom stereocenters. The molecule has 0 saturated carbocycles. The monoisotopic (exact) mass is 388 g/mol. The maximum atomic E-state index is 10.8. The number of rotatable bonds is 5. The number of likely N-dealkylation sites (tertiary alicyclic amines) is 1. The summed E-state index contributed by atoms with van der Waals surface area (Å²) in [7, 11) is 3.27. The second kappa shape index (κ2) is 7.36. The molecule has 3 aromatic rings. The van der Waals surface area contributed by atoms with Crippen LogP contribution in [0.2, 0.25) is 0 Å². The number of thiazole rings is 1. The number of fused-ring (bicyclic) bond motifs is 1. The van der Waals surface area contributed by atoms with E-state index in [9.17, 15) is 5.11 Å². The fourth-order valence-electron chi connectivity index (χ4n) is 3.88. The highest BCUT2D eigenvalue weighted by atomic mass is 32.1. The first kappa shape index (κ1) is 18.1. The minimum atomic E-state index is -0.0824. The zero-order valence-corrected chi connectivity index (χ0v) is 16.6. The van der Waals surface area contributed by atoms with E-state index in [2.05, 4.69) is 21.9 Å². The van der Waals surface area contributed by atoms with Crippen LogP contribution >= 0.6 is 11.3 Å². The van der Waals surface area contributed by atoms with E-state index in [0.717, 1.165) is 30.0 Å². The summed E-state index contributed by atoms with van der Waals surface area (Å²) in [6.07, 6.45) is 3.84. The van der Waals surface area contributed by atoms with Crippen LogP contribution in [-0.2, 0) is 0 Å². The molecule has 0 amide bonds. The normalized spacial score (nSPS) is 19.3. The minimum absolute atomic E-state index is 0.0824. The van der Waals surface area contributed by atoms with Gasteiger partial charge in [0.15, 0.2) is 11.5 Å². The van der Waals surface area contributed by atoms with Gasteiger partial charge in [-0.2, -0.15) is 9.61 Å². The van der Waals surface area contributed by atoms with Gasteiger partial charge in [0, 0.05) is 6.54 Å². The summed E-state index contributed by atoms with van der Waals surface area (Å²) >= 11 is 1.48. The maximum Gasteiger partial charge on any atom is 0.230 e. The van der Waals surface area contributed by atoms with Crippen molar-refractivity contribution >= 4 is 16.3 Å². The zero-order valence-electron chi connectivity index (χ0n) is 15.8. The Morgan fingerprint density at radius 2 is 2.07 bits per heavy atom. The molecule has 1 aliphatic rings. The molecular weight excluding hydrogens is 364 g/mol. The third-order valence-corrected chi connectivity index (χ3v) is 6.25. The number of hydrogen-bond acceptors (Lipinski definition) is 7. The summed E-state index contributed by atoms with van der Waals surface area (Å²) < 4.78 is 12.4. The van der Waals surface area contributed by atoms with Gasteiger partial charge in [0.1, 0.15) is 6.33 Å². The molecule has 0 bridgehead atoms. The van der Waals surface area contributed by atoms with Gasteiger partial charge in [-0.1, -0.05) is 24.3 Å². The van der Waals surface area contributed by atoms with Gasteiger partial charge >= 0.3 is 0 Å². The predicted molar refractivity (Wildman–Crippen MR) is 104 cm³/mol. The molecule has 1 fully saturated rings. The molecule has 8 heteroatoms. The summed E-state index contributed by atoms with van der Waals surface area (Å²) in [5, 5.41) is 15.0. The highest BCUT2D eigenvalue weighted by molar-refractivity contribution is 7.17. The molecule has 1 aliphatic heterocycles. The molecule has 0 spiro atoms. The molecule has 2 atom stereocenters. The lowest BCUT2D eigenvalue weighted by molar-refractivity contribution is 0.149. The Kier molecular flexibility index (Phi) is 4.92. The summed E-state index contributed by atoms with van der Waals surface area (Å²) in [5.74, 6) is 2.15. The minimum Gasteiger partial charge on any atom is -0.493 e. The highest BCUT2D eigenvalue weighted by Gasteiger charge is 2.32. The Hall–Kier alpha value is -2.32. The first-order chi connectivity index (χ1) is 13.1. The molecule has 1 saturated heterocycles. The average Bonchev–Trinajstić information content (AvgIpc) is 3.25. The Morgan fingerprint density at radius 3 is 2.78 bits per heavy atom. The van der Waals surface area contributed by atoms with E-state index >= 15 is 0 Å². The van der Waals surface area contributed by atoms with E-state index in [0.29, 0.717) is 22.4 Å². The second-order valence-electron chi connectivity index (χ2n) is 7.00. The number of benzene rings is 1. The van der Waals surface area contributed by atoms with Crippen molar-refractivity contribution in [2.45, 2.75) is 25.8 Å². The number of piperidine rings is 1. The second-order valence-corrected chi connectivity index (χ2v) is 8.01. The van der Waals surface area contributed by atoms with Crippen LogP contribution in [0.3, 0.4) is 0 Å². The van der Waals surface area contributed by atoms with Gasteiger partial charge in [-0.25, -0.2) is 4.98 Å². The zero-order chi connectivity index (χ0) is 19.0. The van der Waals surface area contributed by atoms with Crippen molar-refractivity contribution in [3.63, 3.8) is 0 Å². The average molecular weight is 388 g/mol. The topological polar surface area (TPSA) is 72.1 Å². The van der Waals surface area contributed by atoms with Gasteiger partial charge in [-0.15, -0.1) is 0 Å². The number of aromatic hydroxyl groups is 1. The molecular formula is C19H24N4O3S. The fraction of sp³-hybridized carbons (Fsp3) is 0.474. The van der Waals surface area contributed by atoms with Crippen molar-refractivity contribution in [2.24, 2.45) is 5.92 Å². The number of methoxy groups -OCH3 is 2.